The van der Waals surface area contributed by atoms with Crippen molar-refractivity contribution in [3.8, 4) is 5.75 Å². The predicted octanol–water partition coefficient (Wildman–Crippen LogP) is 3.08. The Morgan fingerprint density at radius 1 is 1.40 bits per heavy atom. The van der Waals surface area contributed by atoms with Gasteiger partial charge in [0.05, 0.1) is 11.1 Å². The molecule has 6 heteroatoms. The van der Waals surface area contributed by atoms with E-state index in [1.54, 1.807) is 36.5 Å². The van der Waals surface area contributed by atoms with Crippen LogP contribution in [-0.2, 0) is 0 Å². The van der Waals surface area contributed by atoms with Gasteiger partial charge < -0.3 is 15.8 Å². The SMILES string of the molecule is CCOc1cccc(N)c1C(=O)Nc1ncccc1Br. The van der Waals surface area contributed by atoms with E-state index in [2.05, 4.69) is 26.2 Å². The Hall–Kier alpha value is -2.08. The lowest BCUT2D eigenvalue weighted by Gasteiger charge is -2.12. The van der Waals surface area contributed by atoms with Crippen molar-refractivity contribution < 1.29 is 9.53 Å². The lowest BCUT2D eigenvalue weighted by molar-refractivity contribution is 0.102. The van der Waals surface area contributed by atoms with Gasteiger partial charge in [-0.25, -0.2) is 4.98 Å². The van der Waals surface area contributed by atoms with Crippen LogP contribution in [0.25, 0.3) is 0 Å². The van der Waals surface area contributed by atoms with E-state index in [1.807, 2.05) is 6.92 Å². The van der Waals surface area contributed by atoms with Crippen molar-refractivity contribution in [2.24, 2.45) is 0 Å². The van der Waals surface area contributed by atoms with Crippen molar-refractivity contribution in [2.45, 2.75) is 6.92 Å². The fraction of sp³-hybridized carbons (Fsp3) is 0.143. The average molecular weight is 336 g/mol. The van der Waals surface area contributed by atoms with Crippen molar-refractivity contribution in [2.75, 3.05) is 17.7 Å². The molecule has 104 valence electrons. The molecule has 0 saturated heterocycles. The summed E-state index contributed by atoms with van der Waals surface area (Å²) in [5.74, 6) is 0.534. The molecule has 0 atom stereocenters. The van der Waals surface area contributed by atoms with E-state index in [4.69, 9.17) is 10.5 Å². The number of hydrogen-bond acceptors (Lipinski definition) is 4. The first kappa shape index (κ1) is 14.3. The van der Waals surface area contributed by atoms with Crippen LogP contribution < -0.4 is 15.8 Å². The van der Waals surface area contributed by atoms with Crippen LogP contribution in [-0.4, -0.2) is 17.5 Å². The highest BCUT2D eigenvalue weighted by Crippen LogP contribution is 2.26. The van der Waals surface area contributed by atoms with Gasteiger partial charge in [-0.2, -0.15) is 0 Å². The number of rotatable bonds is 4. The molecule has 2 aromatic rings. The summed E-state index contributed by atoms with van der Waals surface area (Å²) >= 11 is 3.33. The number of nitrogens with one attached hydrogen (secondary N) is 1. The third-order valence-corrected chi connectivity index (χ3v) is 3.22. The number of ether oxygens (including phenoxy) is 1. The first-order valence-electron chi connectivity index (χ1n) is 6.06. The van der Waals surface area contributed by atoms with E-state index in [1.165, 1.54) is 0 Å². The van der Waals surface area contributed by atoms with E-state index in [0.717, 1.165) is 0 Å². The molecule has 0 spiro atoms. The number of nitrogens with two attached hydrogens (primary N) is 1. The third-order valence-electron chi connectivity index (χ3n) is 2.58. The van der Waals surface area contributed by atoms with Gasteiger partial charge in [0.15, 0.2) is 0 Å². The zero-order valence-electron chi connectivity index (χ0n) is 10.9. The van der Waals surface area contributed by atoms with Gasteiger partial charge in [-0.3, -0.25) is 4.79 Å². The van der Waals surface area contributed by atoms with E-state index >= 15 is 0 Å². The van der Waals surface area contributed by atoms with E-state index in [0.29, 0.717) is 33.9 Å². The predicted molar refractivity (Wildman–Crippen MR) is 81.9 cm³/mol. The maximum absolute atomic E-state index is 12.4. The van der Waals surface area contributed by atoms with Crippen LogP contribution >= 0.6 is 15.9 Å². The van der Waals surface area contributed by atoms with Crippen LogP contribution in [0.1, 0.15) is 17.3 Å². The molecule has 0 bridgehead atoms. The highest BCUT2D eigenvalue weighted by Gasteiger charge is 2.17. The molecule has 0 aliphatic carbocycles. The van der Waals surface area contributed by atoms with Gasteiger partial charge in [0, 0.05) is 11.9 Å². The molecule has 0 aliphatic heterocycles. The molecule has 20 heavy (non-hydrogen) atoms. The maximum atomic E-state index is 12.4. The number of nitrogens with zero attached hydrogens (tertiary/aromatic N) is 1. The molecule has 0 saturated carbocycles. The molecule has 0 radical (unpaired) electrons. The molecular weight excluding hydrogens is 322 g/mol. The summed E-state index contributed by atoms with van der Waals surface area (Å²) in [7, 11) is 0. The van der Waals surface area contributed by atoms with Crippen molar-refractivity contribution in [3.63, 3.8) is 0 Å². The number of pyridine rings is 1. The van der Waals surface area contributed by atoms with Gasteiger partial charge in [-0.15, -0.1) is 0 Å². The number of amides is 1. The van der Waals surface area contributed by atoms with Crippen LogP contribution in [0.5, 0.6) is 5.75 Å². The number of hydrogen-bond donors (Lipinski definition) is 2. The Morgan fingerprint density at radius 2 is 2.20 bits per heavy atom. The van der Waals surface area contributed by atoms with Crippen molar-refractivity contribution in [1.82, 2.24) is 4.98 Å². The molecule has 2 rings (SSSR count). The lowest BCUT2D eigenvalue weighted by atomic mass is 10.1. The quantitative estimate of drug-likeness (QED) is 0.841. The van der Waals surface area contributed by atoms with Gasteiger partial charge >= 0.3 is 0 Å². The Labute approximate surface area is 125 Å². The summed E-state index contributed by atoms with van der Waals surface area (Å²) in [4.78, 5) is 16.4. The second-order valence-corrected chi connectivity index (χ2v) is 4.80. The minimum absolute atomic E-state index is 0.312. The highest BCUT2D eigenvalue weighted by molar-refractivity contribution is 9.10. The average Bonchev–Trinajstić information content (AvgIpc) is 2.42. The van der Waals surface area contributed by atoms with Crippen LogP contribution in [0, 0.1) is 0 Å². The third kappa shape index (κ3) is 3.08. The number of anilines is 2. The standard InChI is InChI=1S/C14H14BrN3O2/c1-2-20-11-7-3-6-10(16)12(11)14(19)18-13-9(15)5-4-8-17-13/h3-8H,2,16H2,1H3,(H,17,18,19). The van der Waals surface area contributed by atoms with E-state index in [9.17, 15) is 4.79 Å². The first-order valence-corrected chi connectivity index (χ1v) is 6.86. The minimum Gasteiger partial charge on any atom is -0.493 e. The molecule has 1 amide bonds. The van der Waals surface area contributed by atoms with Gasteiger partial charge in [0.2, 0.25) is 0 Å². The Morgan fingerprint density at radius 3 is 2.90 bits per heavy atom. The largest absolute Gasteiger partial charge is 0.493 e. The van der Waals surface area contributed by atoms with Crippen LogP contribution in [0.3, 0.4) is 0 Å². The van der Waals surface area contributed by atoms with Crippen molar-refractivity contribution in [1.29, 1.82) is 0 Å². The van der Waals surface area contributed by atoms with Gasteiger partial charge in [-0.1, -0.05) is 6.07 Å². The van der Waals surface area contributed by atoms with Gasteiger partial charge in [-0.05, 0) is 47.1 Å². The normalized spacial score (nSPS) is 10.1. The number of carbonyl (C=O) groups is 1. The fourth-order valence-electron chi connectivity index (χ4n) is 1.71. The van der Waals surface area contributed by atoms with E-state index in [-0.39, 0.29) is 5.91 Å². The molecule has 1 aromatic heterocycles. The van der Waals surface area contributed by atoms with Crippen LogP contribution in [0.4, 0.5) is 11.5 Å². The van der Waals surface area contributed by atoms with Crippen molar-refractivity contribution >= 4 is 33.3 Å². The minimum atomic E-state index is -0.356. The number of benzene rings is 1. The Balaban J connectivity index is 2.32. The lowest BCUT2D eigenvalue weighted by Crippen LogP contribution is -2.16. The monoisotopic (exact) mass is 335 g/mol. The molecule has 0 aliphatic rings. The van der Waals surface area contributed by atoms with Gasteiger partial charge in [0.25, 0.3) is 5.91 Å². The molecule has 0 unspecified atom stereocenters. The summed E-state index contributed by atoms with van der Waals surface area (Å²) in [6.07, 6.45) is 1.60. The zero-order valence-corrected chi connectivity index (χ0v) is 12.5. The zero-order chi connectivity index (χ0) is 14.5. The molecule has 1 aromatic carbocycles. The second-order valence-electron chi connectivity index (χ2n) is 3.94. The topological polar surface area (TPSA) is 77.2 Å². The molecule has 5 nitrogen and oxygen atoms in total. The molecule has 3 N–H and O–H groups in total. The number of nitrogen functional groups attached to an aromatic ring is 1. The fourth-order valence-corrected chi connectivity index (χ4v) is 2.07. The molecule has 1 heterocycles. The number of halogens is 1. The Bertz CT molecular complexity index is 632. The molecular formula is C14H14BrN3O2. The summed E-state index contributed by atoms with van der Waals surface area (Å²) in [5.41, 5.74) is 6.54. The second kappa shape index (κ2) is 6.38. The maximum Gasteiger partial charge on any atom is 0.262 e. The summed E-state index contributed by atoms with van der Waals surface area (Å²) < 4.78 is 6.13. The Kier molecular flexibility index (Phi) is 4.57. The number of carbonyl (C=O) groups excluding carboxylic acids is 1. The summed E-state index contributed by atoms with van der Waals surface area (Å²) in [6, 6.07) is 8.67. The van der Waals surface area contributed by atoms with Crippen LogP contribution in [0.2, 0.25) is 0 Å². The van der Waals surface area contributed by atoms with Crippen molar-refractivity contribution in [3.05, 3.63) is 46.6 Å². The highest BCUT2D eigenvalue weighted by atomic mass is 79.9. The summed E-state index contributed by atoms with van der Waals surface area (Å²) in [5, 5.41) is 2.71. The van der Waals surface area contributed by atoms with E-state index < -0.39 is 0 Å². The number of aromatic nitrogens is 1. The van der Waals surface area contributed by atoms with Gasteiger partial charge in [0.1, 0.15) is 17.1 Å². The smallest absolute Gasteiger partial charge is 0.262 e. The molecule has 0 fully saturated rings. The summed E-state index contributed by atoms with van der Waals surface area (Å²) in [6.45, 7) is 2.30. The first-order chi connectivity index (χ1) is 9.63. The van der Waals surface area contributed by atoms with Crippen LogP contribution in [0.15, 0.2) is 41.0 Å².